The van der Waals surface area contributed by atoms with Crippen LogP contribution in [0.25, 0.3) is 0 Å². The van der Waals surface area contributed by atoms with E-state index >= 15 is 0 Å². The van der Waals surface area contributed by atoms with Crippen molar-refractivity contribution in [3.63, 3.8) is 0 Å². The fourth-order valence-corrected chi connectivity index (χ4v) is 10.3. The minimum absolute atomic E-state index is 0.0250. The van der Waals surface area contributed by atoms with Gasteiger partial charge in [0.05, 0.1) is 18.4 Å². The van der Waals surface area contributed by atoms with Crippen LogP contribution in [0.3, 0.4) is 0 Å². The average Bonchev–Trinajstić information content (AvgIpc) is 4.32. The molecule has 344 valence electrons. The summed E-state index contributed by atoms with van der Waals surface area (Å²) < 4.78 is 0. The van der Waals surface area contributed by atoms with Gasteiger partial charge in [0.15, 0.2) is 0 Å². The second-order valence-electron chi connectivity index (χ2n) is 19.1. The third-order valence-electron chi connectivity index (χ3n) is 14.5. The summed E-state index contributed by atoms with van der Waals surface area (Å²) in [6.07, 6.45) is 7.88. The van der Waals surface area contributed by atoms with Crippen LogP contribution in [0, 0.1) is 11.8 Å². The topological polar surface area (TPSA) is 148 Å². The van der Waals surface area contributed by atoms with Crippen molar-refractivity contribution < 1.29 is 28.8 Å². The third-order valence-corrected chi connectivity index (χ3v) is 14.5. The van der Waals surface area contributed by atoms with E-state index in [0.717, 1.165) is 51.4 Å². The molecule has 4 aromatic rings. The largest absolute Gasteiger partial charge is 0.352 e. The van der Waals surface area contributed by atoms with Gasteiger partial charge in [-0.25, -0.2) is 0 Å². The molecule has 6 amide bonds. The van der Waals surface area contributed by atoms with Crippen LogP contribution in [-0.2, 0) is 19.2 Å². The maximum atomic E-state index is 14.1. The van der Waals surface area contributed by atoms with E-state index in [0.29, 0.717) is 17.5 Å². The van der Waals surface area contributed by atoms with Gasteiger partial charge >= 0.3 is 0 Å². The lowest BCUT2D eigenvalue weighted by atomic mass is 9.94. The number of nitrogens with zero attached hydrogens (tertiary/aromatic N) is 3. The fraction of sp³-hybridized carbons (Fsp3) is 0.444. The first-order chi connectivity index (χ1) is 32.2. The Bertz CT molecular complexity index is 2300. The minimum Gasteiger partial charge on any atom is -0.352 e. The second kappa shape index (κ2) is 20.1. The van der Waals surface area contributed by atoms with Crippen LogP contribution in [0.4, 0.5) is 0 Å². The summed E-state index contributed by atoms with van der Waals surface area (Å²) in [6.45, 7) is 2.94. The smallest absolute Gasteiger partial charge is 0.253 e. The maximum absolute atomic E-state index is 14.1. The molecule has 12 heteroatoms. The monoisotopic (exact) mass is 890 g/mol. The van der Waals surface area contributed by atoms with Crippen molar-refractivity contribution in [1.82, 2.24) is 30.7 Å². The lowest BCUT2D eigenvalue weighted by Gasteiger charge is -2.40. The number of rotatable bonds is 17. The molecular formula is C54H62N6O6. The molecule has 2 saturated heterocycles. The Morgan fingerprint density at radius 3 is 1.36 bits per heavy atom. The number of likely N-dealkylation sites (tertiary alicyclic amines) is 1. The van der Waals surface area contributed by atoms with Gasteiger partial charge in [-0.2, -0.15) is 0 Å². The number of carbonyl (C=O) groups is 6. The Morgan fingerprint density at radius 2 is 0.909 bits per heavy atom. The zero-order valence-corrected chi connectivity index (χ0v) is 37.9. The molecule has 1 unspecified atom stereocenters. The number of hydrogen-bond donors (Lipinski definition) is 3. The lowest BCUT2D eigenvalue weighted by Crippen LogP contribution is -2.61. The average molecular weight is 891 g/mol. The molecule has 3 aliphatic carbocycles. The fourth-order valence-electron chi connectivity index (χ4n) is 10.3. The molecule has 0 radical (unpaired) electrons. The van der Waals surface area contributed by atoms with E-state index in [2.05, 4.69) is 59.3 Å². The molecule has 2 heterocycles. The highest BCUT2D eigenvalue weighted by Crippen LogP contribution is 2.43. The van der Waals surface area contributed by atoms with Crippen molar-refractivity contribution in [2.45, 2.75) is 107 Å². The SMILES string of the molecule is CCCCCCCC(=O)N1CCN(C(=O)c2ccc(C(=O)N3C[C@@H](C(=O)N[C@H]4C[C@@H]4c4ccccc4)[C@H](C(=O)N[C@H]4C[C@@H]4c4ccccc4)C3)cc2)CC1C(=O)N[C@H]1C[C@@H]1c1ccccc1. The number of carbonyl (C=O) groups excluding carboxylic acids is 6. The first-order valence-electron chi connectivity index (χ1n) is 24.2. The van der Waals surface area contributed by atoms with Gasteiger partial charge < -0.3 is 30.7 Å². The number of amides is 6. The molecule has 0 bridgehead atoms. The van der Waals surface area contributed by atoms with Crippen molar-refractivity contribution in [1.29, 1.82) is 0 Å². The summed E-state index contributed by atoms with van der Waals surface area (Å²) >= 11 is 0. The normalized spacial score (nSPS) is 26.3. The van der Waals surface area contributed by atoms with E-state index in [1.54, 1.807) is 39.0 Å². The Kier molecular flexibility index (Phi) is 13.6. The summed E-state index contributed by atoms with van der Waals surface area (Å²) in [4.78, 5) is 88.6. The molecule has 3 saturated carbocycles. The van der Waals surface area contributed by atoms with Crippen LogP contribution in [0.1, 0.15) is 120 Å². The van der Waals surface area contributed by atoms with Gasteiger partial charge in [-0.1, -0.05) is 124 Å². The first-order valence-corrected chi connectivity index (χ1v) is 24.2. The molecule has 9 rings (SSSR count). The standard InChI is InChI=1S/C54H62N6O6/c1-2-3-4-5-15-22-49(61)60-28-27-58(34-48(60)52(64)57-47-31-42(47)37-20-13-8-14-21-37)53(65)38-23-25-39(26-24-38)54(66)59-32-43(50(62)55-45-29-40(45)35-16-9-6-10-17-35)44(33-59)51(63)56-46-30-41(46)36-18-11-7-12-19-36/h6-14,16-21,23-26,40-48H,2-5,15,22,27-34H2,1H3,(H,55,62)(H,56,63)(H,57,64)/t40-,41-,42-,43-,44-,45+,46+,47+,48?/m1/s1. The Morgan fingerprint density at radius 1 is 0.485 bits per heavy atom. The van der Waals surface area contributed by atoms with Crippen LogP contribution >= 0.6 is 0 Å². The van der Waals surface area contributed by atoms with Crippen molar-refractivity contribution >= 4 is 35.4 Å². The number of benzene rings is 4. The molecular weight excluding hydrogens is 829 g/mol. The quantitative estimate of drug-likeness (QED) is 0.105. The molecule has 5 aliphatic rings. The summed E-state index contributed by atoms with van der Waals surface area (Å²) in [7, 11) is 0. The first kappa shape index (κ1) is 44.9. The molecule has 5 fully saturated rings. The molecule has 0 spiro atoms. The van der Waals surface area contributed by atoms with Crippen molar-refractivity contribution in [3.8, 4) is 0 Å². The Labute approximate surface area is 387 Å². The molecule has 2 aliphatic heterocycles. The van der Waals surface area contributed by atoms with E-state index in [4.69, 9.17) is 0 Å². The van der Waals surface area contributed by atoms with Crippen LogP contribution in [0.15, 0.2) is 115 Å². The second-order valence-corrected chi connectivity index (χ2v) is 19.1. The number of nitrogens with one attached hydrogen (secondary N) is 3. The van der Waals surface area contributed by atoms with Crippen LogP contribution in [-0.4, -0.2) is 107 Å². The van der Waals surface area contributed by atoms with E-state index in [1.807, 2.05) is 54.6 Å². The maximum Gasteiger partial charge on any atom is 0.253 e. The van der Waals surface area contributed by atoms with Crippen molar-refractivity contribution in [2.75, 3.05) is 32.7 Å². The highest BCUT2D eigenvalue weighted by atomic mass is 16.2. The van der Waals surface area contributed by atoms with E-state index in [-0.39, 0.29) is 104 Å². The zero-order chi connectivity index (χ0) is 45.7. The molecule has 3 N–H and O–H groups in total. The molecule has 12 nitrogen and oxygen atoms in total. The van der Waals surface area contributed by atoms with E-state index < -0.39 is 17.9 Å². The van der Waals surface area contributed by atoms with E-state index in [9.17, 15) is 28.8 Å². The van der Waals surface area contributed by atoms with Crippen molar-refractivity contribution in [2.24, 2.45) is 11.8 Å². The van der Waals surface area contributed by atoms with Gasteiger partial charge in [0.25, 0.3) is 11.8 Å². The zero-order valence-electron chi connectivity index (χ0n) is 37.9. The van der Waals surface area contributed by atoms with Crippen LogP contribution in [0.5, 0.6) is 0 Å². The molecule has 66 heavy (non-hydrogen) atoms. The van der Waals surface area contributed by atoms with E-state index in [1.165, 1.54) is 16.7 Å². The number of piperazine rings is 1. The van der Waals surface area contributed by atoms with Crippen LogP contribution < -0.4 is 16.0 Å². The Balaban J connectivity index is 0.847. The summed E-state index contributed by atoms with van der Waals surface area (Å²) in [5, 5.41) is 9.57. The summed E-state index contributed by atoms with van der Waals surface area (Å²) in [5.41, 5.74) is 4.20. The molecule has 0 aromatic heterocycles. The van der Waals surface area contributed by atoms with Gasteiger partial charge in [-0.3, -0.25) is 28.8 Å². The third kappa shape index (κ3) is 10.4. The lowest BCUT2D eigenvalue weighted by molar-refractivity contribution is -0.143. The highest BCUT2D eigenvalue weighted by molar-refractivity contribution is 6.00. The van der Waals surface area contributed by atoms with Gasteiger partial charge in [-0.05, 0) is 66.6 Å². The molecule has 4 aromatic carbocycles. The minimum atomic E-state index is -0.817. The van der Waals surface area contributed by atoms with Gasteiger partial charge in [0, 0.05) is 79.6 Å². The van der Waals surface area contributed by atoms with Crippen molar-refractivity contribution in [3.05, 3.63) is 143 Å². The van der Waals surface area contributed by atoms with Gasteiger partial charge in [0.2, 0.25) is 23.6 Å². The highest BCUT2D eigenvalue weighted by Gasteiger charge is 2.49. The summed E-state index contributed by atoms with van der Waals surface area (Å²) in [6, 6.07) is 35.8. The Hall–Kier alpha value is -6.30. The molecule has 9 atom stereocenters. The number of unbranched alkanes of at least 4 members (excludes halogenated alkanes) is 4. The predicted octanol–water partition coefficient (Wildman–Crippen LogP) is 6.41. The summed E-state index contributed by atoms with van der Waals surface area (Å²) in [5.74, 6) is -2.15. The van der Waals surface area contributed by atoms with Gasteiger partial charge in [-0.15, -0.1) is 0 Å². The number of hydrogen-bond acceptors (Lipinski definition) is 6. The predicted molar refractivity (Wildman–Crippen MR) is 251 cm³/mol. The van der Waals surface area contributed by atoms with Gasteiger partial charge in [0.1, 0.15) is 6.04 Å². The van der Waals surface area contributed by atoms with Crippen LogP contribution in [0.2, 0.25) is 0 Å².